The van der Waals surface area contributed by atoms with E-state index in [1.54, 1.807) is 11.8 Å². The van der Waals surface area contributed by atoms with Gasteiger partial charge in [0.2, 0.25) is 10.0 Å². The number of benzene rings is 1. The largest absolute Gasteiger partial charge is 0.450 e. The Morgan fingerprint density at radius 2 is 2.09 bits per heavy atom. The Labute approximate surface area is 139 Å². The summed E-state index contributed by atoms with van der Waals surface area (Å²) < 4.78 is 45.1. The van der Waals surface area contributed by atoms with Crippen LogP contribution in [0.3, 0.4) is 0 Å². The Balaban J connectivity index is 1.99. The van der Waals surface area contributed by atoms with Gasteiger partial charge in [0, 0.05) is 19.1 Å². The Kier molecular flexibility index (Phi) is 5.83. The molecule has 1 aromatic carbocycles. The lowest BCUT2D eigenvalue weighted by atomic mass is 10.1. The van der Waals surface area contributed by atoms with Crippen molar-refractivity contribution in [2.75, 3.05) is 19.7 Å². The summed E-state index contributed by atoms with van der Waals surface area (Å²) in [6.45, 7) is 2.84. The molecule has 1 amide bonds. The smallest absolute Gasteiger partial charge is 0.409 e. The summed E-state index contributed by atoms with van der Waals surface area (Å²) >= 11 is 5.80. The van der Waals surface area contributed by atoms with E-state index in [1.165, 1.54) is 0 Å². The normalized spacial score (nSPS) is 16.4. The highest BCUT2D eigenvalue weighted by Crippen LogP contribution is 2.23. The first-order valence-corrected chi connectivity index (χ1v) is 9.08. The Hall–Kier alpha value is -1.38. The molecule has 1 aliphatic rings. The van der Waals surface area contributed by atoms with Gasteiger partial charge in [-0.3, -0.25) is 0 Å². The number of carbonyl (C=O) groups excluding carboxylic acids is 1. The Morgan fingerprint density at radius 3 is 2.65 bits per heavy atom. The highest BCUT2D eigenvalue weighted by molar-refractivity contribution is 7.89. The molecule has 1 saturated heterocycles. The van der Waals surface area contributed by atoms with Gasteiger partial charge in [0.1, 0.15) is 10.7 Å². The number of nitrogens with one attached hydrogen (secondary N) is 1. The molecule has 1 N–H and O–H groups in total. The lowest BCUT2D eigenvalue weighted by molar-refractivity contribution is 0.0966. The van der Waals surface area contributed by atoms with Crippen molar-refractivity contribution in [1.82, 2.24) is 9.62 Å². The van der Waals surface area contributed by atoms with Crippen LogP contribution in [0, 0.1) is 5.82 Å². The number of hydrogen-bond acceptors (Lipinski definition) is 4. The van der Waals surface area contributed by atoms with Crippen molar-refractivity contribution in [3.63, 3.8) is 0 Å². The van der Waals surface area contributed by atoms with Crippen LogP contribution in [0.25, 0.3) is 0 Å². The molecule has 0 unspecified atom stereocenters. The molecule has 0 spiro atoms. The molecule has 1 aromatic rings. The van der Waals surface area contributed by atoms with Gasteiger partial charge in [-0.05, 0) is 38.0 Å². The molecule has 6 nitrogen and oxygen atoms in total. The van der Waals surface area contributed by atoms with Crippen LogP contribution in [-0.4, -0.2) is 45.1 Å². The number of amides is 1. The SMILES string of the molecule is CCOC(=O)N1CCC(NS(=O)(=O)c2ccc(F)cc2Cl)CC1. The summed E-state index contributed by atoms with van der Waals surface area (Å²) in [5.41, 5.74) is 0. The predicted molar refractivity (Wildman–Crippen MR) is 83.3 cm³/mol. The van der Waals surface area contributed by atoms with Gasteiger partial charge in [-0.1, -0.05) is 11.6 Å². The fourth-order valence-electron chi connectivity index (χ4n) is 2.37. The molecular weight excluding hydrogens is 347 g/mol. The molecule has 0 bridgehead atoms. The number of nitrogens with zero attached hydrogens (tertiary/aromatic N) is 1. The lowest BCUT2D eigenvalue weighted by Gasteiger charge is -2.31. The van der Waals surface area contributed by atoms with Crippen LogP contribution in [0.2, 0.25) is 5.02 Å². The van der Waals surface area contributed by atoms with Gasteiger partial charge >= 0.3 is 6.09 Å². The maximum absolute atomic E-state index is 13.0. The Bertz CT molecular complexity index is 675. The quantitative estimate of drug-likeness (QED) is 0.890. The third-order valence-corrected chi connectivity index (χ3v) is 5.53. The molecule has 1 fully saturated rings. The van der Waals surface area contributed by atoms with Gasteiger partial charge < -0.3 is 9.64 Å². The van der Waals surface area contributed by atoms with E-state index < -0.39 is 21.9 Å². The van der Waals surface area contributed by atoms with E-state index in [-0.39, 0.29) is 16.0 Å². The summed E-state index contributed by atoms with van der Waals surface area (Å²) in [6.07, 6.45) is 0.545. The zero-order valence-electron chi connectivity index (χ0n) is 12.6. The molecular formula is C14H18ClFN2O4S. The molecule has 0 saturated carbocycles. The second-order valence-electron chi connectivity index (χ2n) is 5.16. The summed E-state index contributed by atoms with van der Waals surface area (Å²) in [6, 6.07) is 2.82. The zero-order chi connectivity index (χ0) is 17.0. The fourth-order valence-corrected chi connectivity index (χ4v) is 4.21. The highest BCUT2D eigenvalue weighted by atomic mass is 35.5. The second kappa shape index (κ2) is 7.46. The third kappa shape index (κ3) is 4.55. The van der Waals surface area contributed by atoms with Crippen LogP contribution >= 0.6 is 11.6 Å². The summed E-state index contributed by atoms with van der Waals surface area (Å²) in [5.74, 6) is -0.600. The number of rotatable bonds is 4. The van der Waals surface area contributed by atoms with E-state index in [1.807, 2.05) is 0 Å². The summed E-state index contributed by atoms with van der Waals surface area (Å²) in [5, 5.41) is -0.165. The predicted octanol–water partition coefficient (Wildman–Crippen LogP) is 2.38. The molecule has 1 heterocycles. The standard InChI is InChI=1S/C14H18ClFN2O4S/c1-2-22-14(19)18-7-5-11(6-8-18)17-23(20,21)13-4-3-10(16)9-12(13)15/h3-4,9,11,17H,2,5-8H2,1H3. The van der Waals surface area contributed by atoms with Crippen molar-refractivity contribution in [3.05, 3.63) is 29.0 Å². The molecule has 1 aliphatic heterocycles. The van der Waals surface area contributed by atoms with Crippen molar-refractivity contribution in [2.45, 2.75) is 30.7 Å². The molecule has 23 heavy (non-hydrogen) atoms. The number of hydrogen-bond donors (Lipinski definition) is 1. The zero-order valence-corrected chi connectivity index (χ0v) is 14.2. The first-order chi connectivity index (χ1) is 10.8. The monoisotopic (exact) mass is 364 g/mol. The van der Waals surface area contributed by atoms with Crippen molar-refractivity contribution in [1.29, 1.82) is 0 Å². The van der Waals surface area contributed by atoms with Crippen molar-refractivity contribution >= 4 is 27.7 Å². The number of sulfonamides is 1. The molecule has 2 rings (SSSR count). The van der Waals surface area contributed by atoms with Gasteiger partial charge in [-0.15, -0.1) is 0 Å². The van der Waals surface area contributed by atoms with E-state index >= 15 is 0 Å². The first-order valence-electron chi connectivity index (χ1n) is 7.22. The minimum atomic E-state index is -3.84. The van der Waals surface area contributed by atoms with E-state index in [9.17, 15) is 17.6 Å². The average Bonchev–Trinajstić information content (AvgIpc) is 2.47. The number of carbonyl (C=O) groups is 1. The van der Waals surface area contributed by atoms with Crippen LogP contribution in [-0.2, 0) is 14.8 Å². The minimum absolute atomic E-state index is 0.159. The number of piperidine rings is 1. The summed E-state index contributed by atoms with van der Waals surface area (Å²) in [4.78, 5) is 13.0. The minimum Gasteiger partial charge on any atom is -0.450 e. The van der Waals surface area contributed by atoms with E-state index in [4.69, 9.17) is 16.3 Å². The van der Waals surface area contributed by atoms with Crippen molar-refractivity contribution in [2.24, 2.45) is 0 Å². The molecule has 9 heteroatoms. The lowest BCUT2D eigenvalue weighted by Crippen LogP contribution is -2.46. The maximum atomic E-state index is 13.0. The van der Waals surface area contributed by atoms with E-state index in [2.05, 4.69) is 4.72 Å². The van der Waals surface area contributed by atoms with Crippen LogP contribution in [0.5, 0.6) is 0 Å². The molecule has 0 aromatic heterocycles. The van der Waals surface area contributed by atoms with Crippen molar-refractivity contribution in [3.8, 4) is 0 Å². The molecule has 128 valence electrons. The van der Waals surface area contributed by atoms with Gasteiger partial charge in [0.25, 0.3) is 0 Å². The summed E-state index contributed by atoms with van der Waals surface area (Å²) in [7, 11) is -3.84. The van der Waals surface area contributed by atoms with Crippen molar-refractivity contribution < 1.29 is 22.3 Å². The molecule has 0 atom stereocenters. The van der Waals surface area contributed by atoms with Gasteiger partial charge in [0.05, 0.1) is 11.6 Å². The average molecular weight is 365 g/mol. The molecule has 0 radical (unpaired) electrons. The fraction of sp³-hybridized carbons (Fsp3) is 0.500. The van der Waals surface area contributed by atoms with Crippen LogP contribution in [0.1, 0.15) is 19.8 Å². The third-order valence-electron chi connectivity index (χ3n) is 3.53. The first kappa shape index (κ1) is 18.0. The van der Waals surface area contributed by atoms with Gasteiger partial charge in [-0.25, -0.2) is 22.3 Å². The topological polar surface area (TPSA) is 75.7 Å². The number of halogens is 2. The van der Waals surface area contributed by atoms with Gasteiger partial charge in [0.15, 0.2) is 0 Å². The van der Waals surface area contributed by atoms with E-state index in [0.717, 1.165) is 18.2 Å². The maximum Gasteiger partial charge on any atom is 0.409 e. The van der Waals surface area contributed by atoms with Crippen LogP contribution in [0.15, 0.2) is 23.1 Å². The number of ether oxygens (including phenoxy) is 1. The van der Waals surface area contributed by atoms with Gasteiger partial charge in [-0.2, -0.15) is 0 Å². The van der Waals surface area contributed by atoms with Crippen LogP contribution < -0.4 is 4.72 Å². The van der Waals surface area contributed by atoms with Crippen LogP contribution in [0.4, 0.5) is 9.18 Å². The number of likely N-dealkylation sites (tertiary alicyclic amines) is 1. The highest BCUT2D eigenvalue weighted by Gasteiger charge is 2.28. The van der Waals surface area contributed by atoms with E-state index in [0.29, 0.717) is 32.5 Å². The Morgan fingerprint density at radius 1 is 1.43 bits per heavy atom. The second-order valence-corrected chi connectivity index (χ2v) is 7.25. The molecule has 0 aliphatic carbocycles.